The predicted octanol–water partition coefficient (Wildman–Crippen LogP) is 1.93. The Morgan fingerprint density at radius 2 is 2.00 bits per heavy atom. The Morgan fingerprint density at radius 3 is 2.57 bits per heavy atom. The minimum atomic E-state index is -4.60. The summed E-state index contributed by atoms with van der Waals surface area (Å²) in [7, 11) is 0. The minimum Gasteiger partial charge on any atom is -0.365 e. The molecule has 0 aromatic carbocycles. The molecule has 2 heterocycles. The summed E-state index contributed by atoms with van der Waals surface area (Å²) in [5, 5.41) is 13.5. The van der Waals surface area contributed by atoms with Crippen LogP contribution < -0.4 is 11.1 Å². The molecule has 3 N–H and O–H groups in total. The molecule has 0 saturated carbocycles. The van der Waals surface area contributed by atoms with Gasteiger partial charge in [-0.1, -0.05) is 13.8 Å². The number of fused-ring (bicyclic) bond motifs is 1. The average Bonchev–Trinajstić information content (AvgIpc) is 2.80. The van der Waals surface area contributed by atoms with Crippen LogP contribution in [-0.2, 0) is 6.18 Å². The van der Waals surface area contributed by atoms with E-state index in [2.05, 4.69) is 20.6 Å². The first-order valence-electron chi connectivity index (χ1n) is 6.57. The van der Waals surface area contributed by atoms with E-state index in [0.29, 0.717) is 22.8 Å². The molecule has 0 aliphatic carbocycles. The molecule has 2 rings (SSSR count). The van der Waals surface area contributed by atoms with E-state index in [1.807, 2.05) is 13.8 Å². The zero-order valence-corrected chi connectivity index (χ0v) is 11.7. The smallest absolute Gasteiger partial charge is 0.365 e. The maximum absolute atomic E-state index is 12.8. The number of alkyl halides is 3. The van der Waals surface area contributed by atoms with Crippen LogP contribution in [0.15, 0.2) is 12.1 Å². The van der Waals surface area contributed by atoms with E-state index in [0.717, 1.165) is 6.42 Å². The number of rotatable bonds is 5. The molecule has 1 atom stereocenters. The number of hydrogen-bond donors (Lipinski definition) is 2. The van der Waals surface area contributed by atoms with Crippen molar-refractivity contribution >= 4 is 11.5 Å². The van der Waals surface area contributed by atoms with Crippen molar-refractivity contribution in [3.8, 4) is 0 Å². The molecule has 21 heavy (non-hydrogen) atoms. The maximum atomic E-state index is 12.8. The van der Waals surface area contributed by atoms with Crippen LogP contribution in [0.5, 0.6) is 0 Å². The highest BCUT2D eigenvalue weighted by atomic mass is 19.4. The van der Waals surface area contributed by atoms with Crippen molar-refractivity contribution in [3.05, 3.63) is 18.0 Å². The first-order chi connectivity index (χ1) is 9.81. The van der Waals surface area contributed by atoms with Gasteiger partial charge < -0.3 is 11.1 Å². The topological polar surface area (TPSA) is 81.1 Å². The Labute approximate surface area is 119 Å². The van der Waals surface area contributed by atoms with Gasteiger partial charge in [-0.3, -0.25) is 0 Å². The van der Waals surface area contributed by atoms with Gasteiger partial charge in [-0.2, -0.15) is 17.7 Å². The normalized spacial score (nSPS) is 13.9. The van der Waals surface area contributed by atoms with Gasteiger partial charge in [0.05, 0.1) is 0 Å². The number of aromatic nitrogens is 4. The van der Waals surface area contributed by atoms with Gasteiger partial charge >= 0.3 is 6.18 Å². The highest BCUT2D eigenvalue weighted by Crippen LogP contribution is 2.27. The van der Waals surface area contributed by atoms with Crippen molar-refractivity contribution in [2.45, 2.75) is 32.5 Å². The molecule has 0 aliphatic rings. The van der Waals surface area contributed by atoms with Gasteiger partial charge in [-0.05, 0) is 24.5 Å². The maximum Gasteiger partial charge on any atom is 0.453 e. The second-order valence-corrected chi connectivity index (χ2v) is 5.22. The van der Waals surface area contributed by atoms with Crippen molar-refractivity contribution in [1.29, 1.82) is 0 Å². The van der Waals surface area contributed by atoms with Gasteiger partial charge in [0.2, 0.25) is 0 Å². The number of anilines is 1. The highest BCUT2D eigenvalue weighted by Gasteiger charge is 2.37. The van der Waals surface area contributed by atoms with E-state index in [9.17, 15) is 13.2 Å². The lowest BCUT2D eigenvalue weighted by atomic mass is 10.0. The summed E-state index contributed by atoms with van der Waals surface area (Å²) >= 11 is 0. The van der Waals surface area contributed by atoms with Crippen LogP contribution in [0.4, 0.5) is 19.0 Å². The lowest BCUT2D eigenvalue weighted by Crippen LogP contribution is -2.31. The third-order valence-electron chi connectivity index (χ3n) is 2.91. The van der Waals surface area contributed by atoms with Crippen molar-refractivity contribution in [2.24, 2.45) is 11.7 Å². The molecule has 0 radical (unpaired) electrons. The lowest BCUT2D eigenvalue weighted by molar-refractivity contribution is -0.146. The van der Waals surface area contributed by atoms with Gasteiger partial charge in [-0.15, -0.1) is 15.3 Å². The monoisotopic (exact) mass is 302 g/mol. The minimum absolute atomic E-state index is 0.0426. The molecule has 9 heteroatoms. The van der Waals surface area contributed by atoms with E-state index in [1.54, 1.807) is 6.07 Å². The largest absolute Gasteiger partial charge is 0.453 e. The number of halogens is 3. The number of nitrogens with zero attached hydrogens (tertiary/aromatic N) is 4. The molecule has 0 saturated heterocycles. The van der Waals surface area contributed by atoms with E-state index < -0.39 is 12.0 Å². The van der Waals surface area contributed by atoms with Gasteiger partial charge in [-0.25, -0.2) is 0 Å². The van der Waals surface area contributed by atoms with Crippen LogP contribution in [0.3, 0.4) is 0 Å². The molecule has 0 aliphatic heterocycles. The fourth-order valence-corrected chi connectivity index (χ4v) is 2.03. The van der Waals surface area contributed by atoms with Gasteiger partial charge in [0.15, 0.2) is 5.65 Å². The Hall–Kier alpha value is -1.90. The van der Waals surface area contributed by atoms with Crippen LogP contribution in [0.25, 0.3) is 5.65 Å². The van der Waals surface area contributed by atoms with Crippen molar-refractivity contribution < 1.29 is 13.2 Å². The van der Waals surface area contributed by atoms with Crippen LogP contribution in [-0.4, -0.2) is 32.4 Å². The SMILES string of the molecule is CC(C)CC(CN)Nc1ccc2nnc(C(F)(F)F)n2n1. The molecule has 0 bridgehead atoms. The van der Waals surface area contributed by atoms with E-state index >= 15 is 0 Å². The second kappa shape index (κ2) is 5.84. The fourth-order valence-electron chi connectivity index (χ4n) is 2.03. The first kappa shape index (κ1) is 15.5. The third-order valence-corrected chi connectivity index (χ3v) is 2.91. The molecule has 0 spiro atoms. The van der Waals surface area contributed by atoms with E-state index in [1.165, 1.54) is 6.07 Å². The molecular weight excluding hydrogens is 285 g/mol. The van der Waals surface area contributed by atoms with Gasteiger partial charge in [0.25, 0.3) is 5.82 Å². The van der Waals surface area contributed by atoms with Crippen LogP contribution >= 0.6 is 0 Å². The molecule has 0 fully saturated rings. The van der Waals surface area contributed by atoms with Crippen molar-refractivity contribution in [2.75, 3.05) is 11.9 Å². The molecular formula is C12H17F3N6. The molecule has 0 amide bonds. The first-order valence-corrected chi connectivity index (χ1v) is 6.57. The van der Waals surface area contributed by atoms with Gasteiger partial charge in [0.1, 0.15) is 5.82 Å². The number of hydrogen-bond acceptors (Lipinski definition) is 5. The summed E-state index contributed by atoms with van der Waals surface area (Å²) in [5.74, 6) is -0.423. The summed E-state index contributed by atoms with van der Waals surface area (Å²) in [4.78, 5) is 0. The van der Waals surface area contributed by atoms with Gasteiger partial charge in [0, 0.05) is 12.6 Å². The fraction of sp³-hybridized carbons (Fsp3) is 0.583. The standard InChI is InChI=1S/C12H17F3N6/c1-7(2)5-8(6-16)17-9-3-4-10-18-19-11(12(13,14)15)21(10)20-9/h3-4,7-8H,5-6,16H2,1-2H3,(H,17,20). The summed E-state index contributed by atoms with van der Waals surface area (Å²) in [5.41, 5.74) is 5.70. The van der Waals surface area contributed by atoms with Crippen molar-refractivity contribution in [1.82, 2.24) is 19.8 Å². The third kappa shape index (κ3) is 3.60. The van der Waals surface area contributed by atoms with Crippen LogP contribution in [0, 0.1) is 5.92 Å². The predicted molar refractivity (Wildman–Crippen MR) is 71.7 cm³/mol. The highest BCUT2D eigenvalue weighted by molar-refractivity contribution is 5.44. The molecule has 116 valence electrons. The van der Waals surface area contributed by atoms with Crippen LogP contribution in [0.2, 0.25) is 0 Å². The average molecular weight is 302 g/mol. The molecule has 2 aromatic heterocycles. The Morgan fingerprint density at radius 1 is 1.29 bits per heavy atom. The molecule has 6 nitrogen and oxygen atoms in total. The second-order valence-electron chi connectivity index (χ2n) is 5.22. The zero-order valence-electron chi connectivity index (χ0n) is 11.7. The van der Waals surface area contributed by atoms with Crippen LogP contribution in [0.1, 0.15) is 26.1 Å². The Kier molecular flexibility index (Phi) is 4.31. The molecule has 2 aromatic rings. The summed E-state index contributed by atoms with van der Waals surface area (Å²) in [6.45, 7) is 4.46. The lowest BCUT2D eigenvalue weighted by Gasteiger charge is -2.19. The molecule has 1 unspecified atom stereocenters. The summed E-state index contributed by atoms with van der Waals surface area (Å²) < 4.78 is 39.0. The Bertz CT molecular complexity index is 607. The number of nitrogens with one attached hydrogen (secondary N) is 1. The number of nitrogens with two attached hydrogens (primary N) is 1. The quantitative estimate of drug-likeness (QED) is 0.882. The zero-order chi connectivity index (χ0) is 15.6. The summed E-state index contributed by atoms with van der Waals surface area (Å²) in [6.07, 6.45) is -3.80. The Balaban J connectivity index is 2.29. The summed E-state index contributed by atoms with van der Waals surface area (Å²) in [6, 6.07) is 2.94. The van der Waals surface area contributed by atoms with Crippen molar-refractivity contribution in [3.63, 3.8) is 0 Å². The van der Waals surface area contributed by atoms with E-state index in [-0.39, 0.29) is 11.7 Å². The van der Waals surface area contributed by atoms with E-state index in [4.69, 9.17) is 5.73 Å².